The molecule has 0 aliphatic rings. The summed E-state index contributed by atoms with van der Waals surface area (Å²) in [6.07, 6.45) is 2.54. The van der Waals surface area contributed by atoms with Crippen molar-refractivity contribution in [3.63, 3.8) is 0 Å². The Morgan fingerprint density at radius 3 is 2.18 bits per heavy atom. The maximum absolute atomic E-state index is 5.34. The zero-order valence-corrected chi connectivity index (χ0v) is 7.19. The minimum atomic E-state index is 0. The van der Waals surface area contributed by atoms with E-state index in [0.717, 1.165) is 25.6 Å². The quantitative estimate of drug-likeness (QED) is 0.579. The van der Waals surface area contributed by atoms with Gasteiger partial charge in [0.05, 0.1) is 0 Å². The third kappa shape index (κ3) is 7.82. The summed E-state index contributed by atoms with van der Waals surface area (Å²) in [7, 11) is 0. The number of rotatable bonds is 6. The van der Waals surface area contributed by atoms with E-state index in [4.69, 9.17) is 5.73 Å². The molecule has 3 N–H and O–H groups in total. The van der Waals surface area contributed by atoms with E-state index in [-0.39, 0.29) is 7.43 Å². The number of nitrogens with one attached hydrogen (secondary N) is 1. The van der Waals surface area contributed by atoms with E-state index in [2.05, 4.69) is 19.2 Å². The number of nitrogens with two attached hydrogens (primary N) is 1. The van der Waals surface area contributed by atoms with Crippen LogP contribution in [-0.2, 0) is 0 Å². The summed E-state index contributed by atoms with van der Waals surface area (Å²) in [5.41, 5.74) is 5.34. The first kappa shape index (κ1) is 13.5. The molecule has 0 rings (SSSR count). The average molecular weight is 160 g/mol. The third-order valence-electron chi connectivity index (χ3n) is 1.91. The average Bonchev–Trinajstić information content (AvgIpc) is 1.99. The molecule has 0 unspecified atom stereocenters. The van der Waals surface area contributed by atoms with Crippen molar-refractivity contribution < 1.29 is 0 Å². The van der Waals surface area contributed by atoms with Gasteiger partial charge in [0.15, 0.2) is 0 Å². The van der Waals surface area contributed by atoms with Gasteiger partial charge in [0.25, 0.3) is 0 Å². The number of hydrogen-bond donors (Lipinski definition) is 2. The molecule has 2 nitrogen and oxygen atoms in total. The van der Waals surface area contributed by atoms with E-state index in [1.165, 1.54) is 12.8 Å². The van der Waals surface area contributed by atoms with Crippen molar-refractivity contribution in [3.8, 4) is 0 Å². The van der Waals surface area contributed by atoms with Gasteiger partial charge in [-0.25, -0.2) is 0 Å². The molecule has 0 heterocycles. The van der Waals surface area contributed by atoms with E-state index in [0.29, 0.717) is 0 Å². The molecule has 0 aromatic carbocycles. The highest BCUT2D eigenvalue weighted by molar-refractivity contribution is 4.58. The van der Waals surface area contributed by atoms with Crippen LogP contribution in [0.2, 0.25) is 0 Å². The van der Waals surface area contributed by atoms with Crippen molar-refractivity contribution in [3.05, 3.63) is 0 Å². The van der Waals surface area contributed by atoms with Crippen LogP contribution in [0.5, 0.6) is 0 Å². The third-order valence-corrected chi connectivity index (χ3v) is 1.91. The fraction of sp³-hybridized carbons (Fsp3) is 1.00. The molecule has 11 heavy (non-hydrogen) atoms. The molecule has 0 bridgehead atoms. The minimum Gasteiger partial charge on any atom is -0.329 e. The molecule has 0 fully saturated rings. The van der Waals surface area contributed by atoms with E-state index < -0.39 is 0 Å². The van der Waals surface area contributed by atoms with Gasteiger partial charge in [0, 0.05) is 13.1 Å². The topological polar surface area (TPSA) is 38.0 Å². The van der Waals surface area contributed by atoms with E-state index in [1.807, 2.05) is 0 Å². The highest BCUT2D eigenvalue weighted by Crippen LogP contribution is 2.04. The fourth-order valence-electron chi connectivity index (χ4n) is 0.986. The summed E-state index contributed by atoms with van der Waals surface area (Å²) in [5.74, 6) is 0.839. The van der Waals surface area contributed by atoms with Crippen LogP contribution in [0.3, 0.4) is 0 Å². The second-order valence-corrected chi connectivity index (χ2v) is 2.68. The summed E-state index contributed by atoms with van der Waals surface area (Å²) in [6.45, 7) is 7.30. The summed E-state index contributed by atoms with van der Waals surface area (Å²) in [5, 5.41) is 3.31. The van der Waals surface area contributed by atoms with Crippen LogP contribution in [0.25, 0.3) is 0 Å². The second kappa shape index (κ2) is 9.92. The maximum Gasteiger partial charge on any atom is 0.00746 e. The molecule has 0 atom stereocenters. The van der Waals surface area contributed by atoms with Gasteiger partial charge in [0.1, 0.15) is 0 Å². The molecule has 70 valence electrons. The summed E-state index contributed by atoms with van der Waals surface area (Å²) in [6, 6.07) is 0. The van der Waals surface area contributed by atoms with Crippen LogP contribution in [0.1, 0.15) is 34.1 Å². The lowest BCUT2D eigenvalue weighted by Crippen LogP contribution is -2.27. The molecule has 0 aromatic heterocycles. The standard InChI is InChI=1S/C8H20N2.CH4/c1-3-8(4-2)7-10-6-5-9;/h8,10H,3-7,9H2,1-2H3;1H4. The first-order valence-electron chi connectivity index (χ1n) is 4.25. The highest BCUT2D eigenvalue weighted by Gasteiger charge is 2.00. The minimum absolute atomic E-state index is 0. The van der Waals surface area contributed by atoms with Crippen molar-refractivity contribution in [2.45, 2.75) is 34.1 Å². The Morgan fingerprint density at radius 2 is 1.82 bits per heavy atom. The largest absolute Gasteiger partial charge is 0.329 e. The maximum atomic E-state index is 5.34. The van der Waals surface area contributed by atoms with E-state index >= 15 is 0 Å². The van der Waals surface area contributed by atoms with Crippen LogP contribution >= 0.6 is 0 Å². The van der Waals surface area contributed by atoms with Gasteiger partial charge in [-0.15, -0.1) is 0 Å². The van der Waals surface area contributed by atoms with Gasteiger partial charge in [-0.05, 0) is 12.5 Å². The van der Waals surface area contributed by atoms with Crippen LogP contribution in [0, 0.1) is 5.92 Å². The molecule has 0 saturated heterocycles. The summed E-state index contributed by atoms with van der Waals surface area (Å²) < 4.78 is 0. The predicted molar refractivity (Wildman–Crippen MR) is 52.7 cm³/mol. The zero-order chi connectivity index (χ0) is 7.82. The predicted octanol–water partition coefficient (Wildman–Crippen LogP) is 1.61. The lowest BCUT2D eigenvalue weighted by Gasteiger charge is -2.11. The monoisotopic (exact) mass is 160 g/mol. The van der Waals surface area contributed by atoms with Crippen LogP contribution < -0.4 is 11.1 Å². The lowest BCUT2D eigenvalue weighted by atomic mass is 10.0. The smallest absolute Gasteiger partial charge is 0.00746 e. The SMILES string of the molecule is C.CCC(CC)CNCCN. The van der Waals surface area contributed by atoms with Gasteiger partial charge in [-0.2, -0.15) is 0 Å². The molecule has 0 radical (unpaired) electrons. The summed E-state index contributed by atoms with van der Waals surface area (Å²) in [4.78, 5) is 0. The van der Waals surface area contributed by atoms with Crippen molar-refractivity contribution in [1.82, 2.24) is 5.32 Å². The Bertz CT molecular complexity index is 60.6. The molecule has 0 saturated carbocycles. The molecule has 0 amide bonds. The van der Waals surface area contributed by atoms with Crippen molar-refractivity contribution >= 4 is 0 Å². The van der Waals surface area contributed by atoms with Gasteiger partial charge >= 0.3 is 0 Å². The lowest BCUT2D eigenvalue weighted by molar-refractivity contribution is 0.453. The highest BCUT2D eigenvalue weighted by atomic mass is 14.9. The van der Waals surface area contributed by atoms with Crippen LogP contribution in [0.4, 0.5) is 0 Å². The van der Waals surface area contributed by atoms with Gasteiger partial charge < -0.3 is 11.1 Å². The molecule has 0 aromatic rings. The van der Waals surface area contributed by atoms with Crippen molar-refractivity contribution in [1.29, 1.82) is 0 Å². The molecule has 0 aliphatic carbocycles. The normalized spacial score (nSPS) is 9.82. The molecule has 0 aliphatic heterocycles. The molecule has 2 heteroatoms. The first-order chi connectivity index (χ1) is 4.85. The Hall–Kier alpha value is -0.0800. The van der Waals surface area contributed by atoms with Crippen LogP contribution in [-0.4, -0.2) is 19.6 Å². The Balaban J connectivity index is 0. The van der Waals surface area contributed by atoms with Gasteiger partial charge in [-0.3, -0.25) is 0 Å². The molecular weight excluding hydrogens is 136 g/mol. The van der Waals surface area contributed by atoms with Crippen molar-refractivity contribution in [2.24, 2.45) is 11.7 Å². The van der Waals surface area contributed by atoms with Crippen molar-refractivity contribution in [2.75, 3.05) is 19.6 Å². The Kier molecular flexibility index (Phi) is 12.2. The van der Waals surface area contributed by atoms with E-state index in [1.54, 1.807) is 0 Å². The summed E-state index contributed by atoms with van der Waals surface area (Å²) >= 11 is 0. The fourth-order valence-corrected chi connectivity index (χ4v) is 0.986. The van der Waals surface area contributed by atoms with Crippen LogP contribution in [0.15, 0.2) is 0 Å². The van der Waals surface area contributed by atoms with Gasteiger partial charge in [0.2, 0.25) is 0 Å². The second-order valence-electron chi connectivity index (χ2n) is 2.68. The number of hydrogen-bond acceptors (Lipinski definition) is 2. The van der Waals surface area contributed by atoms with E-state index in [9.17, 15) is 0 Å². The molecule has 0 spiro atoms. The first-order valence-corrected chi connectivity index (χ1v) is 4.25. The van der Waals surface area contributed by atoms with Gasteiger partial charge in [-0.1, -0.05) is 34.1 Å². The Morgan fingerprint density at radius 1 is 1.27 bits per heavy atom. The Labute approximate surface area is 71.6 Å². The zero-order valence-electron chi connectivity index (χ0n) is 7.19. The molecular formula is C9H24N2.